The molecule has 2 aromatic heterocycles. The molecule has 2 aromatic rings. The van der Waals surface area contributed by atoms with E-state index in [0.717, 1.165) is 0 Å². The van der Waals surface area contributed by atoms with Gasteiger partial charge >= 0.3 is 7.60 Å². The van der Waals surface area contributed by atoms with E-state index in [-0.39, 0.29) is 18.5 Å². The van der Waals surface area contributed by atoms with Crippen LogP contribution in [0.15, 0.2) is 24.8 Å². The van der Waals surface area contributed by atoms with E-state index in [0.29, 0.717) is 36.6 Å². The monoisotopic (exact) mass is 367 g/mol. The molecule has 1 aliphatic carbocycles. The summed E-state index contributed by atoms with van der Waals surface area (Å²) in [7, 11) is -3.21. The summed E-state index contributed by atoms with van der Waals surface area (Å²) in [5, 5.41) is 0. The Morgan fingerprint density at radius 1 is 1.24 bits per heavy atom. The van der Waals surface area contributed by atoms with Gasteiger partial charge in [0.2, 0.25) is 0 Å². The summed E-state index contributed by atoms with van der Waals surface area (Å²) in [5.74, 6) is 0.355. The summed E-state index contributed by atoms with van der Waals surface area (Å²) < 4.78 is 30.6. The minimum atomic E-state index is -3.21. The molecule has 0 fully saturated rings. The number of hydrogen-bond donors (Lipinski definition) is 1. The van der Waals surface area contributed by atoms with Crippen molar-refractivity contribution >= 4 is 24.6 Å². The molecule has 2 atom stereocenters. The Balaban J connectivity index is 1.65. The molecule has 0 amide bonds. The van der Waals surface area contributed by atoms with Crippen LogP contribution in [0.2, 0.25) is 0 Å². The Bertz CT molecular complexity index is 798. The van der Waals surface area contributed by atoms with Gasteiger partial charge < -0.3 is 24.1 Å². The predicted molar refractivity (Wildman–Crippen MR) is 93.1 cm³/mol. The summed E-state index contributed by atoms with van der Waals surface area (Å²) in [6, 6.07) is 0.0304. The van der Waals surface area contributed by atoms with Crippen molar-refractivity contribution in [3.8, 4) is 0 Å². The number of nitrogens with two attached hydrogens (primary N) is 1. The van der Waals surface area contributed by atoms with Crippen molar-refractivity contribution in [2.75, 3.05) is 25.3 Å². The van der Waals surface area contributed by atoms with E-state index in [1.165, 1.54) is 6.33 Å². The molecule has 0 aromatic carbocycles. The lowest BCUT2D eigenvalue weighted by atomic mass is 10.2. The number of rotatable bonds is 8. The second-order valence-corrected chi connectivity index (χ2v) is 7.55. The van der Waals surface area contributed by atoms with Crippen LogP contribution in [-0.4, -0.2) is 45.2 Å². The highest BCUT2D eigenvalue weighted by molar-refractivity contribution is 7.53. The maximum Gasteiger partial charge on any atom is 0.356 e. The van der Waals surface area contributed by atoms with Gasteiger partial charge in [-0.1, -0.05) is 12.2 Å². The minimum Gasteiger partial charge on any atom is -0.382 e. The highest BCUT2D eigenvalue weighted by Gasteiger charge is 2.28. The van der Waals surface area contributed by atoms with Crippen LogP contribution in [0.1, 0.15) is 26.3 Å². The molecule has 0 saturated heterocycles. The van der Waals surface area contributed by atoms with Gasteiger partial charge in [-0.3, -0.25) is 4.57 Å². The van der Waals surface area contributed by atoms with Gasteiger partial charge in [-0.05, 0) is 13.8 Å². The zero-order chi connectivity index (χ0) is 17.9. The standard InChI is InChI=1S/C15H22N5O4P/c1-3-23-25(21,24-4-2)10-22-12-6-5-11(7-12)20-9-19-13-14(16)17-8-18-15(13)20/h5-6,8-9,11-12H,3-4,7,10H2,1-2H3,(H2,16,17,18)/t11-,12+/m0/s1. The van der Waals surface area contributed by atoms with Crippen LogP contribution >= 0.6 is 7.60 Å². The SMILES string of the molecule is CCOP(=O)(CO[C@@H]1C=C[C@H](n2cnc3c(N)ncnc32)C1)OCC. The average Bonchev–Trinajstić information content (AvgIpc) is 3.20. The van der Waals surface area contributed by atoms with Crippen LogP contribution in [0, 0.1) is 0 Å². The van der Waals surface area contributed by atoms with E-state index in [2.05, 4.69) is 15.0 Å². The van der Waals surface area contributed by atoms with E-state index in [4.69, 9.17) is 19.5 Å². The first-order valence-corrected chi connectivity index (χ1v) is 9.90. The van der Waals surface area contributed by atoms with Gasteiger partial charge in [0, 0.05) is 6.42 Å². The average molecular weight is 367 g/mol. The third kappa shape index (κ3) is 3.90. The molecule has 10 heteroatoms. The lowest BCUT2D eigenvalue weighted by Gasteiger charge is -2.19. The summed E-state index contributed by atoms with van der Waals surface area (Å²) in [5.41, 5.74) is 7.08. The Morgan fingerprint density at radius 2 is 2.00 bits per heavy atom. The largest absolute Gasteiger partial charge is 0.382 e. The Kier molecular flexibility index (Phi) is 5.48. The molecule has 0 saturated carbocycles. The molecule has 0 spiro atoms. The first-order chi connectivity index (χ1) is 12.1. The van der Waals surface area contributed by atoms with Gasteiger partial charge in [0.05, 0.1) is 31.7 Å². The molecule has 2 heterocycles. The van der Waals surface area contributed by atoms with Gasteiger partial charge in [0.15, 0.2) is 11.5 Å². The Labute approximate surface area is 145 Å². The lowest BCUT2D eigenvalue weighted by Crippen LogP contribution is -2.14. The normalized spacial score (nSPS) is 20.6. The number of allylic oxidation sites excluding steroid dienone is 1. The molecule has 0 aliphatic heterocycles. The van der Waals surface area contributed by atoms with E-state index < -0.39 is 7.60 Å². The van der Waals surface area contributed by atoms with Crippen LogP contribution in [-0.2, 0) is 18.3 Å². The molecule has 3 rings (SSSR count). The third-order valence-corrected chi connectivity index (χ3v) is 5.63. The topological polar surface area (TPSA) is 114 Å². The summed E-state index contributed by atoms with van der Waals surface area (Å²) in [4.78, 5) is 12.5. The predicted octanol–water partition coefficient (Wildman–Crippen LogP) is 2.52. The highest BCUT2D eigenvalue weighted by atomic mass is 31.2. The number of nitrogens with zero attached hydrogens (tertiary/aromatic N) is 4. The second kappa shape index (κ2) is 7.61. The van der Waals surface area contributed by atoms with Crippen molar-refractivity contribution in [1.29, 1.82) is 0 Å². The van der Waals surface area contributed by atoms with E-state index >= 15 is 0 Å². The van der Waals surface area contributed by atoms with Crippen molar-refractivity contribution in [3.63, 3.8) is 0 Å². The molecule has 9 nitrogen and oxygen atoms in total. The first kappa shape index (κ1) is 18.0. The maximum absolute atomic E-state index is 12.5. The smallest absolute Gasteiger partial charge is 0.356 e. The van der Waals surface area contributed by atoms with Crippen molar-refractivity contribution in [2.45, 2.75) is 32.4 Å². The second-order valence-electron chi connectivity index (χ2n) is 5.55. The zero-order valence-electron chi connectivity index (χ0n) is 14.2. The fraction of sp³-hybridized carbons (Fsp3) is 0.533. The lowest BCUT2D eigenvalue weighted by molar-refractivity contribution is 0.0898. The molecular formula is C15H22N5O4P. The molecule has 25 heavy (non-hydrogen) atoms. The van der Waals surface area contributed by atoms with Gasteiger partial charge in [-0.25, -0.2) is 15.0 Å². The third-order valence-electron chi connectivity index (χ3n) is 3.86. The van der Waals surface area contributed by atoms with Gasteiger partial charge in [-0.15, -0.1) is 0 Å². The summed E-state index contributed by atoms with van der Waals surface area (Å²) in [6.07, 6.45) is 7.47. The van der Waals surface area contributed by atoms with Crippen molar-refractivity contribution in [2.24, 2.45) is 0 Å². The Hall–Kier alpha value is -1.80. The molecule has 0 radical (unpaired) electrons. The number of aromatic nitrogens is 4. The fourth-order valence-electron chi connectivity index (χ4n) is 2.78. The molecule has 1 aliphatic rings. The number of fused-ring (bicyclic) bond motifs is 1. The number of imidazole rings is 1. The highest BCUT2D eigenvalue weighted by Crippen LogP contribution is 2.48. The fourth-order valence-corrected chi connectivity index (χ4v) is 4.17. The number of ether oxygens (including phenoxy) is 1. The van der Waals surface area contributed by atoms with Crippen LogP contribution < -0.4 is 5.73 Å². The van der Waals surface area contributed by atoms with E-state index in [1.807, 2.05) is 16.7 Å². The number of hydrogen-bond acceptors (Lipinski definition) is 8. The van der Waals surface area contributed by atoms with Crippen LogP contribution in [0.4, 0.5) is 5.82 Å². The molecule has 136 valence electrons. The quantitative estimate of drug-likeness (QED) is 0.559. The van der Waals surface area contributed by atoms with Crippen molar-refractivity contribution in [3.05, 3.63) is 24.8 Å². The van der Waals surface area contributed by atoms with Crippen molar-refractivity contribution in [1.82, 2.24) is 19.5 Å². The van der Waals surface area contributed by atoms with Gasteiger partial charge in [0.1, 0.15) is 18.2 Å². The number of anilines is 1. The number of nitrogen functional groups attached to an aromatic ring is 1. The molecular weight excluding hydrogens is 345 g/mol. The van der Waals surface area contributed by atoms with E-state index in [9.17, 15) is 4.57 Å². The van der Waals surface area contributed by atoms with Crippen molar-refractivity contribution < 1.29 is 18.3 Å². The summed E-state index contributed by atoms with van der Waals surface area (Å²) in [6.45, 7) is 4.17. The maximum atomic E-state index is 12.5. The molecule has 0 bridgehead atoms. The molecule has 0 unspecified atom stereocenters. The summed E-state index contributed by atoms with van der Waals surface area (Å²) >= 11 is 0. The Morgan fingerprint density at radius 3 is 2.72 bits per heavy atom. The van der Waals surface area contributed by atoms with Gasteiger partial charge in [0.25, 0.3) is 0 Å². The minimum absolute atomic E-state index is 0.0304. The zero-order valence-corrected chi connectivity index (χ0v) is 15.1. The van der Waals surface area contributed by atoms with Crippen LogP contribution in [0.3, 0.4) is 0 Å². The first-order valence-electron chi connectivity index (χ1n) is 8.17. The van der Waals surface area contributed by atoms with E-state index in [1.54, 1.807) is 20.2 Å². The van der Waals surface area contributed by atoms with Crippen LogP contribution in [0.25, 0.3) is 11.2 Å². The van der Waals surface area contributed by atoms with Crippen LogP contribution in [0.5, 0.6) is 0 Å². The van der Waals surface area contributed by atoms with Gasteiger partial charge in [-0.2, -0.15) is 0 Å². The molecule has 2 N–H and O–H groups in total.